The fourth-order valence-corrected chi connectivity index (χ4v) is 3.35. The summed E-state index contributed by atoms with van der Waals surface area (Å²) < 4.78 is 0.614. The van der Waals surface area contributed by atoms with E-state index in [2.05, 4.69) is 0 Å². The number of rotatable bonds is 4. The van der Waals surface area contributed by atoms with Gasteiger partial charge in [-0.3, -0.25) is 0 Å². The standard InChI is InChI=1S/C14H15ClO2S.Na/c1-14(2)10(12(14)13(16)17)8-11(15)18-9-6-4-3-5-7-9;/h3-8,10,12H,1-2H3,(H,16,17);/q;+1/p-1. The molecule has 0 spiro atoms. The molecule has 1 aromatic rings. The molecule has 0 aliphatic heterocycles. The molecule has 5 heteroatoms. The van der Waals surface area contributed by atoms with Gasteiger partial charge in [0.15, 0.2) is 0 Å². The summed E-state index contributed by atoms with van der Waals surface area (Å²) in [5.74, 6) is -1.45. The Balaban J connectivity index is 0.00000180. The fourth-order valence-electron chi connectivity index (χ4n) is 2.22. The summed E-state index contributed by atoms with van der Waals surface area (Å²) in [7, 11) is 0. The summed E-state index contributed by atoms with van der Waals surface area (Å²) in [5, 5.41) is 10.9. The second kappa shape index (κ2) is 6.68. The summed E-state index contributed by atoms with van der Waals surface area (Å²) in [4.78, 5) is 12.0. The Hall–Kier alpha value is 0.0700. The second-order valence-electron chi connectivity index (χ2n) is 5.03. The van der Waals surface area contributed by atoms with Crippen LogP contribution in [0.15, 0.2) is 45.7 Å². The van der Waals surface area contributed by atoms with Crippen LogP contribution in [0, 0.1) is 17.3 Å². The van der Waals surface area contributed by atoms with Gasteiger partial charge in [0.25, 0.3) is 0 Å². The van der Waals surface area contributed by atoms with Crippen LogP contribution < -0.4 is 34.7 Å². The Bertz CT molecular complexity index is 487. The van der Waals surface area contributed by atoms with Gasteiger partial charge in [0.1, 0.15) is 0 Å². The van der Waals surface area contributed by atoms with E-state index < -0.39 is 11.9 Å². The van der Waals surface area contributed by atoms with Crippen LogP contribution in [0.5, 0.6) is 0 Å². The molecule has 2 atom stereocenters. The predicted octanol–water partition coefficient (Wildman–Crippen LogP) is -0.115. The van der Waals surface area contributed by atoms with Crippen LogP contribution in [0.25, 0.3) is 0 Å². The van der Waals surface area contributed by atoms with Crippen molar-refractivity contribution < 1.29 is 39.5 Å². The van der Waals surface area contributed by atoms with Crippen molar-refractivity contribution >= 4 is 29.3 Å². The van der Waals surface area contributed by atoms with Crippen molar-refractivity contribution in [2.75, 3.05) is 0 Å². The molecular weight excluding hydrogens is 291 g/mol. The Kier molecular flexibility index (Phi) is 6.02. The first-order valence-electron chi connectivity index (χ1n) is 5.74. The van der Waals surface area contributed by atoms with E-state index >= 15 is 0 Å². The minimum atomic E-state index is -0.990. The van der Waals surface area contributed by atoms with E-state index in [0.29, 0.717) is 4.36 Å². The van der Waals surface area contributed by atoms with Gasteiger partial charge in [0.2, 0.25) is 0 Å². The van der Waals surface area contributed by atoms with Crippen LogP contribution in [-0.4, -0.2) is 5.97 Å². The molecule has 0 N–H and O–H groups in total. The molecule has 2 nitrogen and oxygen atoms in total. The number of carbonyl (C=O) groups is 1. The molecule has 19 heavy (non-hydrogen) atoms. The SMILES string of the molecule is CC1(C)C(C=C(Cl)Sc2ccccc2)C1C(=O)[O-].[Na+]. The van der Waals surface area contributed by atoms with E-state index in [-0.39, 0.29) is 40.9 Å². The van der Waals surface area contributed by atoms with Gasteiger partial charge in [-0.25, -0.2) is 0 Å². The molecule has 96 valence electrons. The molecule has 1 saturated carbocycles. The number of carboxylic acid groups (broad SMARTS) is 1. The number of hydrogen-bond acceptors (Lipinski definition) is 3. The molecule has 1 fully saturated rings. The first-order chi connectivity index (χ1) is 8.43. The molecule has 2 rings (SSSR count). The van der Waals surface area contributed by atoms with Crippen LogP contribution >= 0.6 is 23.4 Å². The van der Waals surface area contributed by atoms with Crippen molar-refractivity contribution in [3.63, 3.8) is 0 Å². The van der Waals surface area contributed by atoms with E-state index in [4.69, 9.17) is 11.6 Å². The minimum absolute atomic E-state index is 0. The molecule has 1 aliphatic carbocycles. The molecule has 0 heterocycles. The number of halogens is 1. The maximum Gasteiger partial charge on any atom is 1.00 e. The average Bonchev–Trinajstić information content (AvgIpc) is 2.81. The van der Waals surface area contributed by atoms with Crippen molar-refractivity contribution in [1.82, 2.24) is 0 Å². The van der Waals surface area contributed by atoms with Crippen molar-refractivity contribution in [1.29, 1.82) is 0 Å². The zero-order valence-electron chi connectivity index (χ0n) is 11.2. The van der Waals surface area contributed by atoms with E-state index in [1.807, 2.05) is 50.3 Å². The quantitative estimate of drug-likeness (QED) is 0.575. The Labute approximate surface area is 144 Å². The largest absolute Gasteiger partial charge is 1.00 e. The van der Waals surface area contributed by atoms with E-state index in [1.54, 1.807) is 0 Å². The van der Waals surface area contributed by atoms with Gasteiger partial charge in [-0.1, -0.05) is 61.5 Å². The summed E-state index contributed by atoms with van der Waals surface area (Å²) in [6.45, 7) is 3.85. The van der Waals surface area contributed by atoms with Crippen molar-refractivity contribution in [3.05, 3.63) is 40.8 Å². The zero-order chi connectivity index (χ0) is 13.3. The number of allylic oxidation sites excluding steroid dienone is 1. The van der Waals surface area contributed by atoms with E-state index in [0.717, 1.165) is 4.90 Å². The van der Waals surface area contributed by atoms with E-state index in [1.165, 1.54) is 11.8 Å². The van der Waals surface area contributed by atoms with Crippen molar-refractivity contribution in [2.45, 2.75) is 18.7 Å². The summed E-state index contributed by atoms with van der Waals surface area (Å²) in [6.07, 6.45) is 1.83. The van der Waals surface area contributed by atoms with Gasteiger partial charge in [-0.15, -0.1) is 0 Å². The topological polar surface area (TPSA) is 40.1 Å². The number of carboxylic acids is 1. The van der Waals surface area contributed by atoms with Crippen LogP contribution in [0.2, 0.25) is 0 Å². The number of benzene rings is 1. The Morgan fingerprint density at radius 1 is 1.37 bits per heavy atom. The molecule has 0 saturated heterocycles. The van der Waals surface area contributed by atoms with Gasteiger partial charge in [-0.05, 0) is 23.5 Å². The maximum absolute atomic E-state index is 10.9. The van der Waals surface area contributed by atoms with Crippen molar-refractivity contribution in [3.8, 4) is 0 Å². The van der Waals surface area contributed by atoms with Gasteiger partial charge in [-0.2, -0.15) is 0 Å². The number of aliphatic carboxylic acids is 1. The average molecular weight is 305 g/mol. The van der Waals surface area contributed by atoms with Crippen molar-refractivity contribution in [2.24, 2.45) is 17.3 Å². The molecule has 0 radical (unpaired) electrons. The third-order valence-corrected chi connectivity index (χ3v) is 4.63. The monoisotopic (exact) mass is 304 g/mol. The summed E-state index contributed by atoms with van der Waals surface area (Å²) >= 11 is 7.60. The van der Waals surface area contributed by atoms with Gasteiger partial charge in [0.05, 0.1) is 4.36 Å². The molecule has 1 aromatic carbocycles. The molecule has 0 bridgehead atoms. The zero-order valence-corrected chi connectivity index (χ0v) is 14.8. The van der Waals surface area contributed by atoms with Gasteiger partial charge in [0, 0.05) is 16.8 Å². The Morgan fingerprint density at radius 2 is 1.95 bits per heavy atom. The number of carbonyl (C=O) groups excluding carboxylic acids is 1. The van der Waals surface area contributed by atoms with Crippen LogP contribution in [-0.2, 0) is 4.79 Å². The molecule has 1 aliphatic rings. The first-order valence-corrected chi connectivity index (χ1v) is 6.93. The smallest absolute Gasteiger partial charge is 0.550 e. The normalized spacial score (nSPS) is 24.5. The fraction of sp³-hybridized carbons (Fsp3) is 0.357. The van der Waals surface area contributed by atoms with Crippen LogP contribution in [0.3, 0.4) is 0 Å². The summed E-state index contributed by atoms with van der Waals surface area (Å²) in [6, 6.07) is 9.76. The second-order valence-corrected chi connectivity index (χ2v) is 6.78. The van der Waals surface area contributed by atoms with Crippen LogP contribution in [0.1, 0.15) is 13.8 Å². The number of hydrogen-bond donors (Lipinski definition) is 0. The van der Waals surface area contributed by atoms with Crippen LogP contribution in [0.4, 0.5) is 0 Å². The van der Waals surface area contributed by atoms with E-state index in [9.17, 15) is 9.90 Å². The first kappa shape index (κ1) is 17.1. The predicted molar refractivity (Wildman–Crippen MR) is 72.0 cm³/mol. The maximum atomic E-state index is 10.9. The molecular formula is C14H14ClNaO2S. The van der Waals surface area contributed by atoms with Gasteiger partial charge < -0.3 is 9.90 Å². The summed E-state index contributed by atoms with van der Waals surface area (Å²) in [5.41, 5.74) is -0.254. The third-order valence-electron chi connectivity index (χ3n) is 3.43. The Morgan fingerprint density at radius 3 is 2.42 bits per heavy atom. The van der Waals surface area contributed by atoms with Gasteiger partial charge >= 0.3 is 29.6 Å². The molecule has 0 aromatic heterocycles. The minimum Gasteiger partial charge on any atom is -0.550 e. The molecule has 2 unspecified atom stereocenters. The third kappa shape index (κ3) is 4.02. The molecule has 0 amide bonds. The number of thioether (sulfide) groups is 1.